The number of nitrogens with zero attached hydrogens (tertiary/aromatic N) is 2. The fourth-order valence-electron chi connectivity index (χ4n) is 2.98. The number of esters is 1. The molecule has 2 amide bonds. The average Bonchev–Trinajstić information content (AvgIpc) is 2.90. The molecule has 0 bridgehead atoms. The minimum Gasteiger partial charge on any atom is -0.491 e. The van der Waals surface area contributed by atoms with Crippen LogP contribution in [-0.2, 0) is 19.1 Å². The van der Waals surface area contributed by atoms with E-state index in [1.54, 1.807) is 42.5 Å². The number of hydrogen-bond acceptors (Lipinski definition) is 5. The molecule has 2 aromatic rings. The van der Waals surface area contributed by atoms with Crippen LogP contribution < -0.4 is 14.5 Å². The predicted molar refractivity (Wildman–Crippen MR) is 109 cm³/mol. The van der Waals surface area contributed by atoms with Crippen molar-refractivity contribution in [3.63, 3.8) is 0 Å². The molecule has 0 saturated carbocycles. The standard InChI is InChI=1S/C22H22N2O5/c1-2-13-23(17-8-4-3-5-9-17)21(26)16-29-22(27)15-24-18-10-6-7-11-19(18)28-14-12-20(24)25/h2-11H,1,12-16H2. The summed E-state index contributed by atoms with van der Waals surface area (Å²) in [5.41, 5.74) is 1.19. The molecule has 150 valence electrons. The summed E-state index contributed by atoms with van der Waals surface area (Å²) in [5, 5.41) is 0. The predicted octanol–water partition coefficient (Wildman–Crippen LogP) is 2.56. The maximum absolute atomic E-state index is 12.5. The van der Waals surface area contributed by atoms with Crippen LogP contribution in [0, 0.1) is 0 Å². The fourth-order valence-corrected chi connectivity index (χ4v) is 2.98. The number of ether oxygens (including phenoxy) is 2. The smallest absolute Gasteiger partial charge is 0.326 e. The number of fused-ring (bicyclic) bond motifs is 1. The van der Waals surface area contributed by atoms with Gasteiger partial charge in [0.2, 0.25) is 5.91 Å². The molecule has 29 heavy (non-hydrogen) atoms. The SMILES string of the molecule is C=CCN(C(=O)COC(=O)CN1C(=O)CCOc2ccccc21)c1ccccc1. The van der Waals surface area contributed by atoms with Gasteiger partial charge in [0.1, 0.15) is 12.3 Å². The van der Waals surface area contributed by atoms with Gasteiger partial charge in [-0.3, -0.25) is 19.3 Å². The minimum absolute atomic E-state index is 0.155. The van der Waals surface area contributed by atoms with Gasteiger partial charge in [0, 0.05) is 12.2 Å². The molecule has 1 aliphatic rings. The highest BCUT2D eigenvalue weighted by Gasteiger charge is 2.26. The Labute approximate surface area is 169 Å². The second-order valence-corrected chi connectivity index (χ2v) is 6.34. The van der Waals surface area contributed by atoms with Gasteiger partial charge in [0.25, 0.3) is 5.91 Å². The monoisotopic (exact) mass is 394 g/mol. The average molecular weight is 394 g/mol. The first-order valence-electron chi connectivity index (χ1n) is 9.24. The molecule has 7 heteroatoms. The Morgan fingerprint density at radius 1 is 1.14 bits per heavy atom. The van der Waals surface area contributed by atoms with Gasteiger partial charge in [-0.05, 0) is 24.3 Å². The summed E-state index contributed by atoms with van der Waals surface area (Å²) in [5.74, 6) is -0.760. The lowest BCUT2D eigenvalue weighted by molar-refractivity contribution is -0.146. The number of para-hydroxylation sites is 3. The van der Waals surface area contributed by atoms with E-state index < -0.39 is 12.6 Å². The lowest BCUT2D eigenvalue weighted by Crippen LogP contribution is -2.39. The Hall–Kier alpha value is -3.61. The number of benzene rings is 2. The van der Waals surface area contributed by atoms with Crippen molar-refractivity contribution in [2.45, 2.75) is 6.42 Å². The molecule has 7 nitrogen and oxygen atoms in total. The molecule has 0 radical (unpaired) electrons. The largest absolute Gasteiger partial charge is 0.491 e. The van der Waals surface area contributed by atoms with E-state index in [0.717, 1.165) is 0 Å². The van der Waals surface area contributed by atoms with Crippen LogP contribution >= 0.6 is 0 Å². The summed E-state index contributed by atoms with van der Waals surface area (Å²) >= 11 is 0. The van der Waals surface area contributed by atoms with Gasteiger partial charge in [-0.15, -0.1) is 6.58 Å². The fraction of sp³-hybridized carbons (Fsp3) is 0.227. The summed E-state index contributed by atoms with van der Waals surface area (Å²) in [4.78, 5) is 40.1. The Balaban J connectivity index is 1.64. The first-order valence-corrected chi connectivity index (χ1v) is 9.24. The molecule has 0 spiro atoms. The summed E-state index contributed by atoms with van der Waals surface area (Å²) in [6.07, 6.45) is 1.75. The summed E-state index contributed by atoms with van der Waals surface area (Å²) < 4.78 is 10.7. The Bertz CT molecular complexity index is 897. The molecule has 0 saturated heterocycles. The lowest BCUT2D eigenvalue weighted by atomic mass is 10.2. The number of anilines is 2. The molecule has 0 unspecified atom stereocenters. The third-order valence-corrected chi connectivity index (χ3v) is 4.36. The Morgan fingerprint density at radius 2 is 1.86 bits per heavy atom. The number of rotatable bonds is 7. The van der Waals surface area contributed by atoms with Crippen LogP contribution in [0.3, 0.4) is 0 Å². The maximum Gasteiger partial charge on any atom is 0.326 e. The zero-order valence-corrected chi connectivity index (χ0v) is 16.0. The van der Waals surface area contributed by atoms with Gasteiger partial charge in [-0.25, -0.2) is 0 Å². The van der Waals surface area contributed by atoms with Crippen LogP contribution in [0.2, 0.25) is 0 Å². The van der Waals surface area contributed by atoms with Gasteiger partial charge >= 0.3 is 5.97 Å². The lowest BCUT2D eigenvalue weighted by Gasteiger charge is -2.23. The van der Waals surface area contributed by atoms with Crippen molar-refractivity contribution in [3.05, 3.63) is 67.3 Å². The third-order valence-electron chi connectivity index (χ3n) is 4.36. The number of carbonyl (C=O) groups excluding carboxylic acids is 3. The number of carbonyl (C=O) groups is 3. The molecule has 0 aromatic heterocycles. The van der Waals surface area contributed by atoms with Crippen molar-refractivity contribution < 1.29 is 23.9 Å². The van der Waals surface area contributed by atoms with E-state index in [9.17, 15) is 14.4 Å². The Morgan fingerprint density at radius 3 is 2.62 bits per heavy atom. The minimum atomic E-state index is -0.671. The molecule has 0 N–H and O–H groups in total. The van der Waals surface area contributed by atoms with E-state index in [2.05, 4.69) is 6.58 Å². The topological polar surface area (TPSA) is 76.2 Å². The van der Waals surface area contributed by atoms with E-state index >= 15 is 0 Å². The highest BCUT2D eigenvalue weighted by atomic mass is 16.5. The van der Waals surface area contributed by atoms with Crippen LogP contribution in [0.4, 0.5) is 11.4 Å². The number of amides is 2. The zero-order chi connectivity index (χ0) is 20.6. The second kappa shape index (κ2) is 9.54. The first kappa shape index (κ1) is 20.1. The van der Waals surface area contributed by atoms with Crippen molar-refractivity contribution in [3.8, 4) is 5.75 Å². The second-order valence-electron chi connectivity index (χ2n) is 6.34. The quantitative estimate of drug-likeness (QED) is 0.533. The first-order chi connectivity index (χ1) is 14.1. The maximum atomic E-state index is 12.5. The van der Waals surface area contributed by atoms with Crippen molar-refractivity contribution in [1.82, 2.24) is 0 Å². The molecule has 0 aliphatic carbocycles. The van der Waals surface area contributed by atoms with Gasteiger partial charge in [0.15, 0.2) is 6.61 Å². The van der Waals surface area contributed by atoms with E-state index in [1.165, 1.54) is 9.80 Å². The molecule has 1 aliphatic heterocycles. The molecule has 0 atom stereocenters. The van der Waals surface area contributed by atoms with E-state index in [4.69, 9.17) is 9.47 Å². The summed E-state index contributed by atoms with van der Waals surface area (Å²) in [7, 11) is 0. The zero-order valence-electron chi connectivity index (χ0n) is 16.0. The van der Waals surface area contributed by atoms with Crippen LogP contribution in [-0.4, -0.2) is 44.1 Å². The molecule has 2 aromatic carbocycles. The highest BCUT2D eigenvalue weighted by Crippen LogP contribution is 2.30. The molecular weight excluding hydrogens is 372 g/mol. The summed E-state index contributed by atoms with van der Waals surface area (Å²) in [6.45, 7) is 3.47. The molecule has 3 rings (SSSR count). The van der Waals surface area contributed by atoms with Gasteiger partial charge < -0.3 is 14.4 Å². The van der Waals surface area contributed by atoms with Crippen molar-refractivity contribution >= 4 is 29.2 Å². The van der Waals surface area contributed by atoms with Gasteiger partial charge in [-0.2, -0.15) is 0 Å². The van der Waals surface area contributed by atoms with Crippen LogP contribution in [0.1, 0.15) is 6.42 Å². The molecule has 1 heterocycles. The molecule has 0 fully saturated rings. The summed E-state index contributed by atoms with van der Waals surface area (Å²) in [6, 6.07) is 16.1. The number of hydrogen-bond donors (Lipinski definition) is 0. The van der Waals surface area contributed by atoms with Crippen LogP contribution in [0.25, 0.3) is 0 Å². The highest BCUT2D eigenvalue weighted by molar-refractivity contribution is 6.00. The van der Waals surface area contributed by atoms with E-state index in [1.807, 2.05) is 18.2 Å². The molecular formula is C22H22N2O5. The van der Waals surface area contributed by atoms with Gasteiger partial charge in [-0.1, -0.05) is 36.4 Å². The third kappa shape index (κ3) is 5.01. The Kier molecular flexibility index (Phi) is 6.63. The normalized spacial score (nSPS) is 13.0. The van der Waals surface area contributed by atoms with E-state index in [0.29, 0.717) is 17.1 Å². The van der Waals surface area contributed by atoms with Crippen molar-refractivity contribution in [2.75, 3.05) is 36.1 Å². The van der Waals surface area contributed by atoms with Crippen molar-refractivity contribution in [1.29, 1.82) is 0 Å². The van der Waals surface area contributed by atoms with Crippen molar-refractivity contribution in [2.24, 2.45) is 0 Å². The van der Waals surface area contributed by atoms with Gasteiger partial charge in [0.05, 0.1) is 18.7 Å². The van der Waals surface area contributed by atoms with Crippen LogP contribution in [0.15, 0.2) is 67.3 Å². The van der Waals surface area contributed by atoms with E-state index in [-0.39, 0.29) is 37.9 Å². The van der Waals surface area contributed by atoms with Crippen LogP contribution in [0.5, 0.6) is 5.75 Å².